The third-order valence-electron chi connectivity index (χ3n) is 5.14. The topological polar surface area (TPSA) is 46.2 Å². The number of hydrogen-bond donors (Lipinski definition) is 1. The molecular weight excluding hydrogens is 353 g/mol. The van der Waals surface area contributed by atoms with Crippen LogP contribution in [0.15, 0.2) is 60.7 Å². The van der Waals surface area contributed by atoms with Crippen molar-refractivity contribution in [1.82, 2.24) is 5.32 Å². The largest absolute Gasteiger partial charge is 0.353 e. The molecule has 0 bridgehead atoms. The van der Waals surface area contributed by atoms with E-state index in [1.54, 1.807) is 12.1 Å². The van der Waals surface area contributed by atoms with Crippen LogP contribution in [0.3, 0.4) is 0 Å². The van der Waals surface area contributed by atoms with Gasteiger partial charge in [0.05, 0.1) is 0 Å². The van der Waals surface area contributed by atoms with Crippen molar-refractivity contribution in [3.05, 3.63) is 77.6 Å². The molecule has 28 heavy (non-hydrogen) atoms. The molecule has 1 aliphatic carbocycles. The molecule has 1 aliphatic rings. The fraction of sp³-hybridized carbons (Fsp3) is 0.333. The predicted octanol–water partition coefficient (Wildman–Crippen LogP) is 5.32. The Morgan fingerprint density at radius 3 is 2.36 bits per heavy atom. The van der Waals surface area contributed by atoms with E-state index in [1.807, 2.05) is 30.3 Å². The van der Waals surface area contributed by atoms with E-state index in [1.165, 1.54) is 17.7 Å². The summed E-state index contributed by atoms with van der Waals surface area (Å²) in [6.45, 7) is 0. The molecule has 1 amide bonds. The third kappa shape index (κ3) is 5.88. The molecule has 146 valence electrons. The van der Waals surface area contributed by atoms with Crippen LogP contribution in [-0.4, -0.2) is 17.7 Å². The van der Waals surface area contributed by atoms with Crippen LogP contribution in [-0.2, 0) is 4.79 Å². The number of hydrogen-bond acceptors (Lipinski definition) is 2. The van der Waals surface area contributed by atoms with Crippen molar-refractivity contribution >= 4 is 17.3 Å². The molecule has 0 fully saturated rings. The van der Waals surface area contributed by atoms with Crippen LogP contribution in [0.2, 0.25) is 0 Å². The number of unbranched alkanes of at least 4 members (excludes halogenated alkanes) is 1. The first-order valence-electron chi connectivity index (χ1n) is 9.94. The number of allylic oxidation sites excluding steroid dienone is 1. The zero-order chi connectivity index (χ0) is 19.8. The highest BCUT2D eigenvalue weighted by Gasteiger charge is 2.17. The molecule has 2 aromatic carbocycles. The average Bonchev–Trinajstić information content (AvgIpc) is 2.73. The van der Waals surface area contributed by atoms with Crippen molar-refractivity contribution in [3.63, 3.8) is 0 Å². The van der Waals surface area contributed by atoms with Crippen molar-refractivity contribution in [2.75, 3.05) is 0 Å². The monoisotopic (exact) mass is 379 g/mol. The molecule has 2 aromatic rings. The molecule has 0 saturated carbocycles. The fourth-order valence-corrected chi connectivity index (χ4v) is 3.53. The first-order valence-corrected chi connectivity index (χ1v) is 9.94. The van der Waals surface area contributed by atoms with Gasteiger partial charge in [0, 0.05) is 24.4 Å². The number of halogens is 1. The van der Waals surface area contributed by atoms with Crippen molar-refractivity contribution in [3.8, 4) is 0 Å². The number of amides is 1. The maximum absolute atomic E-state index is 13.0. The van der Waals surface area contributed by atoms with Crippen LogP contribution >= 0.6 is 0 Å². The SMILES string of the molecule is O=C(CCCCC(=O)c1ccccc1)NC1CC=C(c2ccc(F)cc2)CC1. The lowest BCUT2D eigenvalue weighted by Gasteiger charge is -2.23. The standard InChI is InChI=1S/C24H26FNO2/c25-21-14-10-18(11-15-21)19-12-16-22(17-13-19)26-24(28)9-5-4-8-23(27)20-6-2-1-3-7-20/h1-3,6-7,10-12,14-15,22H,4-5,8-9,13,16-17H2,(H,26,28). The molecule has 1 atom stereocenters. The molecule has 0 heterocycles. The van der Waals surface area contributed by atoms with Crippen LogP contribution in [0.5, 0.6) is 0 Å². The summed E-state index contributed by atoms with van der Waals surface area (Å²) in [6, 6.07) is 16.0. The Balaban J connectivity index is 1.35. The summed E-state index contributed by atoms with van der Waals surface area (Å²) in [5.41, 5.74) is 3.00. The summed E-state index contributed by atoms with van der Waals surface area (Å²) in [6.07, 6.45) is 7.07. The minimum Gasteiger partial charge on any atom is -0.353 e. The van der Waals surface area contributed by atoms with Gasteiger partial charge in [-0.05, 0) is 55.4 Å². The summed E-state index contributed by atoms with van der Waals surface area (Å²) >= 11 is 0. The molecule has 3 nitrogen and oxygen atoms in total. The van der Waals surface area contributed by atoms with Gasteiger partial charge in [-0.2, -0.15) is 0 Å². The summed E-state index contributed by atoms with van der Waals surface area (Å²) in [5.74, 6) is -0.0432. The van der Waals surface area contributed by atoms with Gasteiger partial charge in [0.1, 0.15) is 5.82 Å². The second kappa shape index (κ2) is 9.98. The lowest BCUT2D eigenvalue weighted by atomic mass is 9.90. The maximum Gasteiger partial charge on any atom is 0.220 e. The fourth-order valence-electron chi connectivity index (χ4n) is 3.53. The van der Waals surface area contributed by atoms with Crippen LogP contribution in [0, 0.1) is 5.82 Å². The van der Waals surface area contributed by atoms with Crippen molar-refractivity contribution < 1.29 is 14.0 Å². The van der Waals surface area contributed by atoms with E-state index in [2.05, 4.69) is 11.4 Å². The lowest BCUT2D eigenvalue weighted by molar-refractivity contribution is -0.121. The highest BCUT2D eigenvalue weighted by Crippen LogP contribution is 2.27. The number of nitrogens with one attached hydrogen (secondary N) is 1. The quantitative estimate of drug-likeness (QED) is 0.498. The van der Waals surface area contributed by atoms with Crippen molar-refractivity contribution in [2.45, 2.75) is 51.0 Å². The van der Waals surface area contributed by atoms with Gasteiger partial charge >= 0.3 is 0 Å². The third-order valence-corrected chi connectivity index (χ3v) is 5.14. The van der Waals surface area contributed by atoms with Crippen molar-refractivity contribution in [1.29, 1.82) is 0 Å². The molecule has 0 spiro atoms. The molecule has 1 N–H and O–H groups in total. The van der Waals surface area contributed by atoms with Gasteiger partial charge in [0.15, 0.2) is 5.78 Å². The Kier molecular flexibility index (Phi) is 7.12. The van der Waals surface area contributed by atoms with E-state index in [0.717, 1.165) is 36.8 Å². The molecule has 3 rings (SSSR count). The summed E-state index contributed by atoms with van der Waals surface area (Å²) in [5, 5.41) is 3.09. The van der Waals surface area contributed by atoms with Gasteiger partial charge in [0.25, 0.3) is 0 Å². The maximum atomic E-state index is 13.0. The Bertz CT molecular complexity index is 827. The van der Waals surface area contributed by atoms with E-state index in [0.29, 0.717) is 19.3 Å². The Hall–Kier alpha value is -2.75. The summed E-state index contributed by atoms with van der Waals surface area (Å²) in [7, 11) is 0. The second-order valence-corrected chi connectivity index (χ2v) is 7.27. The van der Waals surface area contributed by atoms with Crippen LogP contribution < -0.4 is 5.32 Å². The number of Topliss-reactive ketones (excluding diaryl/α,β-unsaturated/α-hetero) is 1. The molecule has 1 unspecified atom stereocenters. The second-order valence-electron chi connectivity index (χ2n) is 7.27. The molecule has 0 aromatic heterocycles. The molecule has 0 saturated heterocycles. The van der Waals surface area contributed by atoms with Crippen molar-refractivity contribution in [2.24, 2.45) is 0 Å². The zero-order valence-electron chi connectivity index (χ0n) is 16.0. The Labute approximate surface area is 165 Å². The van der Waals surface area contributed by atoms with Crippen LogP contribution in [0.25, 0.3) is 5.57 Å². The van der Waals surface area contributed by atoms with Gasteiger partial charge in [-0.15, -0.1) is 0 Å². The molecule has 0 aliphatic heterocycles. The van der Waals surface area contributed by atoms with E-state index in [4.69, 9.17) is 0 Å². The first kappa shape index (κ1) is 20.0. The molecule has 0 radical (unpaired) electrons. The van der Waals surface area contributed by atoms with Crippen LogP contribution in [0.1, 0.15) is 60.9 Å². The molecule has 4 heteroatoms. The number of rotatable bonds is 8. The van der Waals surface area contributed by atoms with E-state index >= 15 is 0 Å². The van der Waals surface area contributed by atoms with Crippen LogP contribution in [0.4, 0.5) is 4.39 Å². The minimum atomic E-state index is -0.226. The van der Waals surface area contributed by atoms with Gasteiger partial charge in [0.2, 0.25) is 5.91 Å². The highest BCUT2D eigenvalue weighted by molar-refractivity contribution is 5.95. The Morgan fingerprint density at radius 2 is 1.68 bits per heavy atom. The zero-order valence-corrected chi connectivity index (χ0v) is 16.0. The van der Waals surface area contributed by atoms with Gasteiger partial charge in [-0.3, -0.25) is 9.59 Å². The van der Waals surface area contributed by atoms with E-state index < -0.39 is 0 Å². The highest BCUT2D eigenvalue weighted by atomic mass is 19.1. The van der Waals surface area contributed by atoms with Gasteiger partial charge in [-0.1, -0.05) is 48.5 Å². The number of ketones is 1. The van der Waals surface area contributed by atoms with E-state index in [-0.39, 0.29) is 23.5 Å². The van der Waals surface area contributed by atoms with Gasteiger partial charge in [-0.25, -0.2) is 4.39 Å². The Morgan fingerprint density at radius 1 is 0.964 bits per heavy atom. The average molecular weight is 379 g/mol. The first-order chi connectivity index (χ1) is 13.6. The number of benzene rings is 2. The lowest BCUT2D eigenvalue weighted by Crippen LogP contribution is -2.35. The normalized spacial score (nSPS) is 16.3. The number of carbonyl (C=O) groups is 2. The number of carbonyl (C=O) groups excluding carboxylic acids is 2. The summed E-state index contributed by atoms with van der Waals surface area (Å²) in [4.78, 5) is 24.2. The molecular formula is C24H26FNO2. The minimum absolute atomic E-state index is 0.0517. The van der Waals surface area contributed by atoms with E-state index in [9.17, 15) is 14.0 Å². The van der Waals surface area contributed by atoms with Gasteiger partial charge < -0.3 is 5.32 Å². The summed E-state index contributed by atoms with van der Waals surface area (Å²) < 4.78 is 13.0. The smallest absolute Gasteiger partial charge is 0.220 e. The predicted molar refractivity (Wildman–Crippen MR) is 109 cm³/mol.